The summed E-state index contributed by atoms with van der Waals surface area (Å²) in [7, 11) is 0. The van der Waals surface area contributed by atoms with E-state index in [9.17, 15) is 10.1 Å². The van der Waals surface area contributed by atoms with Gasteiger partial charge >= 0.3 is 0 Å². The highest BCUT2D eigenvalue weighted by molar-refractivity contribution is 5.43. The Kier molecular flexibility index (Phi) is 6.24. The second-order valence-corrected chi connectivity index (χ2v) is 4.52. The maximum Gasteiger partial charge on any atom is 0.270 e. The second-order valence-electron chi connectivity index (χ2n) is 4.52. The molecule has 0 amide bonds. The van der Waals surface area contributed by atoms with Crippen LogP contribution in [-0.4, -0.2) is 29.9 Å². The van der Waals surface area contributed by atoms with E-state index < -0.39 is 4.92 Å². The molecule has 0 heterocycles. The number of non-ortho nitro benzene ring substituents is 1. The highest BCUT2D eigenvalue weighted by Gasteiger charge is 2.11. The molecule has 0 radical (unpaired) electrons. The maximum absolute atomic E-state index is 10.6. The molecular formula is C13H19NO5. The number of nitro benzene ring substituents is 1. The summed E-state index contributed by atoms with van der Waals surface area (Å²) in [5.41, 5.74) is 0.338. The summed E-state index contributed by atoms with van der Waals surface area (Å²) in [6.45, 7) is 5.26. The van der Waals surface area contributed by atoms with Gasteiger partial charge in [0, 0.05) is 24.3 Å². The molecule has 6 nitrogen and oxygen atoms in total. The van der Waals surface area contributed by atoms with Crippen LogP contribution in [0.15, 0.2) is 18.2 Å². The van der Waals surface area contributed by atoms with E-state index >= 15 is 0 Å². The number of aliphatic hydroxyl groups is 1. The first kappa shape index (κ1) is 15.4. The Morgan fingerprint density at radius 1 is 1.37 bits per heavy atom. The number of rotatable bonds is 8. The van der Waals surface area contributed by atoms with Crippen molar-refractivity contribution in [2.45, 2.75) is 20.5 Å². The van der Waals surface area contributed by atoms with Crippen molar-refractivity contribution in [3.8, 4) is 5.75 Å². The Hall–Kier alpha value is -1.66. The minimum atomic E-state index is -0.505. The highest BCUT2D eigenvalue weighted by atomic mass is 16.6. The molecule has 1 aromatic rings. The lowest BCUT2D eigenvalue weighted by Gasteiger charge is -2.11. The van der Waals surface area contributed by atoms with Crippen LogP contribution in [0.25, 0.3) is 0 Å². The van der Waals surface area contributed by atoms with Gasteiger partial charge in [0.1, 0.15) is 12.4 Å². The number of nitrogens with zero attached hydrogens (tertiary/aromatic N) is 1. The van der Waals surface area contributed by atoms with Crippen molar-refractivity contribution < 1.29 is 19.5 Å². The van der Waals surface area contributed by atoms with E-state index in [1.54, 1.807) is 0 Å². The number of ether oxygens (including phenoxy) is 2. The summed E-state index contributed by atoms with van der Waals surface area (Å²) in [5.74, 6) is 0.911. The third-order valence-electron chi connectivity index (χ3n) is 2.36. The minimum Gasteiger partial charge on any atom is -0.491 e. The fourth-order valence-electron chi connectivity index (χ4n) is 1.47. The summed E-state index contributed by atoms with van der Waals surface area (Å²) in [5, 5.41) is 19.8. The summed E-state index contributed by atoms with van der Waals surface area (Å²) in [6, 6.07) is 4.15. The fourth-order valence-corrected chi connectivity index (χ4v) is 1.47. The van der Waals surface area contributed by atoms with Crippen molar-refractivity contribution in [3.63, 3.8) is 0 Å². The Balaban J connectivity index is 2.51. The predicted octanol–water partition coefficient (Wildman–Crippen LogP) is 2.14. The van der Waals surface area contributed by atoms with Gasteiger partial charge in [-0.05, 0) is 12.0 Å². The van der Waals surface area contributed by atoms with Gasteiger partial charge in [0.2, 0.25) is 0 Å². The van der Waals surface area contributed by atoms with Crippen molar-refractivity contribution >= 4 is 5.69 Å². The predicted molar refractivity (Wildman–Crippen MR) is 70.2 cm³/mol. The van der Waals surface area contributed by atoms with Gasteiger partial charge in [0.15, 0.2) is 0 Å². The van der Waals surface area contributed by atoms with Gasteiger partial charge in [0.25, 0.3) is 5.69 Å². The summed E-state index contributed by atoms with van der Waals surface area (Å²) >= 11 is 0. The molecule has 0 aliphatic heterocycles. The van der Waals surface area contributed by atoms with Gasteiger partial charge in [0.05, 0.1) is 18.1 Å². The molecular weight excluding hydrogens is 250 g/mol. The van der Waals surface area contributed by atoms with Crippen LogP contribution in [0.1, 0.15) is 19.4 Å². The Bertz CT molecular complexity index is 419. The summed E-state index contributed by atoms with van der Waals surface area (Å²) < 4.78 is 10.8. The van der Waals surface area contributed by atoms with Crippen LogP contribution < -0.4 is 4.74 Å². The van der Waals surface area contributed by atoms with Crippen LogP contribution >= 0.6 is 0 Å². The van der Waals surface area contributed by atoms with E-state index in [1.165, 1.54) is 18.2 Å². The molecule has 0 aliphatic rings. The molecule has 0 saturated carbocycles. The first-order chi connectivity index (χ1) is 9.04. The number of nitro groups is 1. The smallest absolute Gasteiger partial charge is 0.270 e. The van der Waals surface area contributed by atoms with Crippen molar-refractivity contribution in [1.82, 2.24) is 0 Å². The van der Waals surface area contributed by atoms with Gasteiger partial charge in [-0.3, -0.25) is 10.1 Å². The van der Waals surface area contributed by atoms with Crippen LogP contribution in [0.5, 0.6) is 5.75 Å². The molecule has 106 valence electrons. The molecule has 6 heteroatoms. The van der Waals surface area contributed by atoms with Gasteiger partial charge in [-0.25, -0.2) is 0 Å². The van der Waals surface area contributed by atoms with Crippen LogP contribution in [0.3, 0.4) is 0 Å². The number of aliphatic hydroxyl groups excluding tert-OH is 1. The van der Waals surface area contributed by atoms with Gasteiger partial charge in [-0.15, -0.1) is 0 Å². The molecule has 0 aliphatic carbocycles. The van der Waals surface area contributed by atoms with Crippen molar-refractivity contribution in [2.24, 2.45) is 5.92 Å². The summed E-state index contributed by atoms with van der Waals surface area (Å²) in [6.07, 6.45) is 0. The van der Waals surface area contributed by atoms with Crippen molar-refractivity contribution in [3.05, 3.63) is 33.9 Å². The van der Waals surface area contributed by atoms with E-state index in [-0.39, 0.29) is 12.3 Å². The topological polar surface area (TPSA) is 81.8 Å². The first-order valence-electron chi connectivity index (χ1n) is 6.13. The number of hydrogen-bond acceptors (Lipinski definition) is 5. The van der Waals surface area contributed by atoms with Crippen LogP contribution in [0.2, 0.25) is 0 Å². The van der Waals surface area contributed by atoms with E-state index in [0.29, 0.717) is 37.1 Å². The number of benzene rings is 1. The van der Waals surface area contributed by atoms with E-state index in [1.807, 2.05) is 0 Å². The summed E-state index contributed by atoms with van der Waals surface area (Å²) in [4.78, 5) is 10.1. The first-order valence-corrected chi connectivity index (χ1v) is 6.13. The average Bonchev–Trinajstić information content (AvgIpc) is 2.37. The third-order valence-corrected chi connectivity index (χ3v) is 2.36. The zero-order chi connectivity index (χ0) is 14.3. The quantitative estimate of drug-likeness (QED) is 0.444. The largest absolute Gasteiger partial charge is 0.491 e. The molecule has 0 fully saturated rings. The molecule has 0 aromatic heterocycles. The fraction of sp³-hybridized carbons (Fsp3) is 0.538. The molecule has 1 rings (SSSR count). The second kappa shape index (κ2) is 7.70. The monoisotopic (exact) mass is 269 g/mol. The average molecular weight is 269 g/mol. The standard InChI is InChI=1S/C13H19NO5/c1-10(2)9-18-5-6-19-13-4-3-12(14(16)17)7-11(13)8-15/h3-4,7,10,15H,5-6,8-9H2,1-2H3. The number of hydrogen-bond donors (Lipinski definition) is 1. The van der Waals surface area contributed by atoms with Crippen molar-refractivity contribution in [1.29, 1.82) is 0 Å². The lowest BCUT2D eigenvalue weighted by atomic mass is 10.2. The molecule has 1 aromatic carbocycles. The van der Waals surface area contributed by atoms with Crippen LogP contribution in [-0.2, 0) is 11.3 Å². The minimum absolute atomic E-state index is 0.0625. The lowest BCUT2D eigenvalue weighted by Crippen LogP contribution is -2.11. The molecule has 0 saturated heterocycles. The molecule has 19 heavy (non-hydrogen) atoms. The van der Waals surface area contributed by atoms with E-state index in [4.69, 9.17) is 14.6 Å². The van der Waals surface area contributed by atoms with Gasteiger partial charge in [-0.2, -0.15) is 0 Å². The Labute approximate surface area is 112 Å². The Morgan fingerprint density at radius 3 is 2.68 bits per heavy atom. The zero-order valence-corrected chi connectivity index (χ0v) is 11.2. The van der Waals surface area contributed by atoms with Gasteiger partial charge < -0.3 is 14.6 Å². The van der Waals surface area contributed by atoms with Gasteiger partial charge in [-0.1, -0.05) is 13.8 Å². The van der Waals surface area contributed by atoms with E-state index in [2.05, 4.69) is 13.8 Å². The zero-order valence-electron chi connectivity index (χ0n) is 11.2. The van der Waals surface area contributed by atoms with Crippen molar-refractivity contribution in [2.75, 3.05) is 19.8 Å². The highest BCUT2D eigenvalue weighted by Crippen LogP contribution is 2.24. The molecule has 0 spiro atoms. The third kappa shape index (κ3) is 5.23. The normalized spacial score (nSPS) is 10.7. The molecule has 0 atom stereocenters. The Morgan fingerprint density at radius 2 is 2.11 bits per heavy atom. The molecule has 1 N–H and O–H groups in total. The molecule has 0 bridgehead atoms. The maximum atomic E-state index is 10.6. The van der Waals surface area contributed by atoms with Crippen LogP contribution in [0, 0.1) is 16.0 Å². The lowest BCUT2D eigenvalue weighted by molar-refractivity contribution is -0.385. The van der Waals surface area contributed by atoms with E-state index in [0.717, 1.165) is 0 Å². The van der Waals surface area contributed by atoms with Crippen LogP contribution in [0.4, 0.5) is 5.69 Å². The molecule has 0 unspecified atom stereocenters. The SMILES string of the molecule is CC(C)COCCOc1ccc([N+](=O)[O-])cc1CO.